The van der Waals surface area contributed by atoms with Gasteiger partial charge in [0, 0.05) is 27.9 Å². The number of rotatable bonds is 2. The fourth-order valence-corrected chi connectivity index (χ4v) is 6.39. The summed E-state index contributed by atoms with van der Waals surface area (Å²) in [4.78, 5) is 0. The molecule has 2 nitrogen and oxygen atoms in total. The lowest BCUT2D eigenvalue weighted by Crippen LogP contribution is -2.31. The Morgan fingerprint density at radius 2 is 1.27 bits per heavy atom. The highest BCUT2D eigenvalue weighted by Gasteiger charge is 2.23. The first-order chi connectivity index (χ1) is 19.2. The molecule has 2 heterocycles. The first-order valence-electron chi connectivity index (χ1n) is 14.2. The number of para-hydroxylation sites is 2. The standard InChI is InChI=1S/C38H35N2/c1-24-21-27(38(3,4)5)23-34(25(24)2)37-33-17-15-26-22-28(16-18-29(26)30(33)19-20-39(37)6)40-35-13-9-7-11-31(35)32-12-8-10-14-36(32)40/h7-23H,1-6H3/q+1. The summed E-state index contributed by atoms with van der Waals surface area (Å²) in [6.45, 7) is 11.4. The van der Waals surface area contributed by atoms with Crippen molar-refractivity contribution in [3.63, 3.8) is 0 Å². The number of nitrogens with zero attached hydrogens (tertiary/aromatic N) is 2. The van der Waals surface area contributed by atoms with Gasteiger partial charge in [0.15, 0.2) is 6.20 Å². The number of pyridine rings is 1. The zero-order valence-corrected chi connectivity index (χ0v) is 24.2. The van der Waals surface area contributed by atoms with Crippen LogP contribution in [0.15, 0.2) is 103 Å². The summed E-state index contributed by atoms with van der Waals surface area (Å²) in [5.41, 5.74) is 10.4. The molecular weight excluding hydrogens is 484 g/mol. The summed E-state index contributed by atoms with van der Waals surface area (Å²) in [5.74, 6) is 0. The highest BCUT2D eigenvalue weighted by atomic mass is 15.0. The largest absolute Gasteiger partial charge is 0.309 e. The molecule has 0 aliphatic rings. The van der Waals surface area contributed by atoms with Crippen LogP contribution in [0, 0.1) is 13.8 Å². The molecule has 0 spiro atoms. The molecule has 0 saturated heterocycles. The van der Waals surface area contributed by atoms with E-state index in [4.69, 9.17) is 0 Å². The first kappa shape index (κ1) is 24.6. The van der Waals surface area contributed by atoms with Gasteiger partial charge in [-0.15, -0.1) is 0 Å². The second kappa shape index (κ2) is 8.79. The molecule has 0 saturated carbocycles. The van der Waals surface area contributed by atoms with Gasteiger partial charge in [-0.25, -0.2) is 4.57 Å². The van der Waals surface area contributed by atoms with Crippen molar-refractivity contribution in [2.45, 2.75) is 40.0 Å². The van der Waals surface area contributed by atoms with Gasteiger partial charge in [-0.2, -0.15) is 0 Å². The minimum atomic E-state index is 0.0896. The summed E-state index contributed by atoms with van der Waals surface area (Å²) in [6.07, 6.45) is 2.22. The molecule has 0 unspecified atom stereocenters. The number of hydrogen-bond donors (Lipinski definition) is 0. The third kappa shape index (κ3) is 3.67. The van der Waals surface area contributed by atoms with E-state index >= 15 is 0 Å². The zero-order valence-electron chi connectivity index (χ0n) is 24.2. The van der Waals surface area contributed by atoms with Gasteiger partial charge in [-0.05, 0) is 83.1 Å². The molecule has 7 rings (SSSR count). The Labute approximate surface area is 236 Å². The summed E-state index contributed by atoms with van der Waals surface area (Å²) in [7, 11) is 2.17. The quantitative estimate of drug-likeness (QED) is 0.159. The van der Waals surface area contributed by atoms with E-state index in [0.29, 0.717) is 0 Å². The molecule has 196 valence electrons. The van der Waals surface area contributed by atoms with Crippen molar-refractivity contribution in [3.05, 3.63) is 120 Å². The van der Waals surface area contributed by atoms with Gasteiger partial charge >= 0.3 is 0 Å². The van der Waals surface area contributed by atoms with Gasteiger partial charge in [0.2, 0.25) is 5.69 Å². The molecule has 0 atom stereocenters. The van der Waals surface area contributed by atoms with Gasteiger partial charge in [-0.1, -0.05) is 75.4 Å². The molecule has 0 fully saturated rings. The van der Waals surface area contributed by atoms with E-state index in [1.165, 1.54) is 77.0 Å². The van der Waals surface area contributed by atoms with E-state index in [-0.39, 0.29) is 5.41 Å². The Hall–Kier alpha value is -4.43. The number of aromatic nitrogens is 2. The van der Waals surface area contributed by atoms with E-state index in [1.807, 2.05) is 0 Å². The first-order valence-corrected chi connectivity index (χ1v) is 14.2. The van der Waals surface area contributed by atoms with Crippen LogP contribution in [-0.2, 0) is 12.5 Å². The van der Waals surface area contributed by atoms with E-state index in [2.05, 4.69) is 154 Å². The monoisotopic (exact) mass is 519 g/mol. The van der Waals surface area contributed by atoms with Gasteiger partial charge in [0.25, 0.3) is 0 Å². The Kier molecular flexibility index (Phi) is 5.41. The Morgan fingerprint density at radius 1 is 0.625 bits per heavy atom. The summed E-state index contributed by atoms with van der Waals surface area (Å²) < 4.78 is 4.68. The Morgan fingerprint density at radius 3 is 1.95 bits per heavy atom. The molecule has 0 bridgehead atoms. The van der Waals surface area contributed by atoms with Crippen molar-refractivity contribution >= 4 is 43.4 Å². The molecule has 40 heavy (non-hydrogen) atoms. The zero-order chi connectivity index (χ0) is 27.8. The van der Waals surface area contributed by atoms with Gasteiger partial charge in [-0.3, -0.25) is 0 Å². The van der Waals surface area contributed by atoms with Crippen LogP contribution in [0.5, 0.6) is 0 Å². The van der Waals surface area contributed by atoms with Crippen LogP contribution < -0.4 is 4.57 Å². The van der Waals surface area contributed by atoms with Crippen LogP contribution >= 0.6 is 0 Å². The van der Waals surface area contributed by atoms with Crippen LogP contribution in [0.3, 0.4) is 0 Å². The van der Waals surface area contributed by atoms with Crippen LogP contribution in [0.2, 0.25) is 0 Å². The average molecular weight is 520 g/mol. The number of hydrogen-bond acceptors (Lipinski definition) is 0. The molecule has 0 amide bonds. The van der Waals surface area contributed by atoms with Crippen molar-refractivity contribution in [1.29, 1.82) is 0 Å². The molecule has 5 aromatic carbocycles. The highest BCUT2D eigenvalue weighted by Crippen LogP contribution is 2.38. The normalized spacial score (nSPS) is 12.2. The van der Waals surface area contributed by atoms with Crippen molar-refractivity contribution < 1.29 is 4.57 Å². The number of benzene rings is 5. The van der Waals surface area contributed by atoms with E-state index < -0.39 is 0 Å². The predicted molar refractivity (Wildman–Crippen MR) is 171 cm³/mol. The molecular formula is C38H35N2+. The molecule has 0 N–H and O–H groups in total. The third-order valence-electron chi connectivity index (χ3n) is 8.74. The lowest BCUT2D eigenvalue weighted by molar-refractivity contribution is -0.659. The summed E-state index contributed by atoms with van der Waals surface area (Å²) in [5, 5.41) is 7.69. The van der Waals surface area contributed by atoms with Crippen LogP contribution in [0.25, 0.3) is 60.3 Å². The maximum Gasteiger partial charge on any atom is 0.220 e. The maximum atomic E-state index is 2.41. The molecule has 0 radical (unpaired) electrons. The fourth-order valence-electron chi connectivity index (χ4n) is 6.39. The number of fused-ring (bicyclic) bond motifs is 6. The van der Waals surface area contributed by atoms with Crippen LogP contribution in [0.4, 0.5) is 0 Å². The van der Waals surface area contributed by atoms with Gasteiger partial charge in [0.1, 0.15) is 7.05 Å². The third-order valence-corrected chi connectivity index (χ3v) is 8.74. The lowest BCUT2D eigenvalue weighted by Gasteiger charge is -2.22. The second-order valence-corrected chi connectivity index (χ2v) is 12.3. The molecule has 2 aromatic heterocycles. The Balaban J connectivity index is 1.47. The topological polar surface area (TPSA) is 8.81 Å². The summed E-state index contributed by atoms with van der Waals surface area (Å²) in [6, 6.07) is 36.0. The fraction of sp³-hybridized carbons (Fsp3) is 0.184. The van der Waals surface area contributed by atoms with Gasteiger partial charge in [0.05, 0.1) is 22.0 Å². The predicted octanol–water partition coefficient (Wildman–Crippen LogP) is 9.50. The van der Waals surface area contributed by atoms with Crippen LogP contribution in [0.1, 0.15) is 37.5 Å². The molecule has 2 heteroatoms. The Bertz CT molecular complexity index is 2070. The van der Waals surface area contributed by atoms with Crippen molar-refractivity contribution in [3.8, 4) is 16.9 Å². The molecule has 7 aromatic rings. The second-order valence-electron chi connectivity index (χ2n) is 12.3. The van der Waals surface area contributed by atoms with E-state index in [0.717, 1.165) is 0 Å². The van der Waals surface area contributed by atoms with Gasteiger partial charge < -0.3 is 4.57 Å². The maximum absolute atomic E-state index is 2.41. The minimum absolute atomic E-state index is 0.0896. The van der Waals surface area contributed by atoms with Crippen LogP contribution in [-0.4, -0.2) is 4.57 Å². The van der Waals surface area contributed by atoms with Crippen molar-refractivity contribution in [2.24, 2.45) is 7.05 Å². The number of aryl methyl sites for hydroxylation is 2. The lowest BCUT2D eigenvalue weighted by atomic mass is 9.82. The highest BCUT2D eigenvalue weighted by molar-refractivity contribution is 6.12. The molecule has 0 aliphatic carbocycles. The van der Waals surface area contributed by atoms with E-state index in [9.17, 15) is 0 Å². The summed E-state index contributed by atoms with van der Waals surface area (Å²) >= 11 is 0. The van der Waals surface area contributed by atoms with E-state index in [1.54, 1.807) is 0 Å². The van der Waals surface area contributed by atoms with Crippen molar-refractivity contribution in [1.82, 2.24) is 4.57 Å². The molecule has 0 aliphatic heterocycles. The average Bonchev–Trinajstić information content (AvgIpc) is 3.28. The SMILES string of the molecule is Cc1cc(C(C)(C)C)cc(-c2c3ccc4cc(-n5c6ccccc6c6ccccc65)ccc4c3cc[n+]2C)c1C. The minimum Gasteiger partial charge on any atom is -0.309 e. The van der Waals surface area contributed by atoms with Crippen molar-refractivity contribution in [2.75, 3.05) is 0 Å². The smallest absolute Gasteiger partial charge is 0.220 e.